The Labute approximate surface area is 88.0 Å². The van der Waals surface area contributed by atoms with Gasteiger partial charge in [-0.3, -0.25) is 0 Å². The second kappa shape index (κ2) is 6.10. The molecule has 0 unspecified atom stereocenters. The highest BCUT2D eigenvalue weighted by atomic mass is 16.6. The molecule has 0 rings (SSSR count). The average Bonchev–Trinajstić information content (AvgIpc) is 2.09. The van der Waals surface area contributed by atoms with Crippen LogP contribution in [0.25, 0.3) is 10.4 Å². The topological polar surface area (TPSA) is 107 Å². The Kier molecular flexibility index (Phi) is 5.51. The van der Waals surface area contributed by atoms with Crippen molar-refractivity contribution in [3.63, 3.8) is 0 Å². The fourth-order valence-electron chi connectivity index (χ4n) is 0.758. The molecule has 0 aromatic carbocycles. The zero-order valence-electron chi connectivity index (χ0n) is 9.10. The number of hydrogen-bond acceptors (Lipinski definition) is 4. The monoisotopic (exact) mass is 216 g/mol. The molecule has 0 aliphatic rings. The number of nitrogens with one attached hydrogen (secondary N) is 1. The minimum atomic E-state index is -0.644. The van der Waals surface area contributed by atoms with E-state index in [1.807, 2.05) is 0 Å². The number of aliphatic hydroxyl groups excluding tert-OH is 1. The van der Waals surface area contributed by atoms with Gasteiger partial charge in [0.1, 0.15) is 5.60 Å². The predicted octanol–water partition coefficient (Wildman–Crippen LogP) is 1.18. The van der Waals surface area contributed by atoms with Gasteiger partial charge in [-0.2, -0.15) is 0 Å². The number of amides is 1. The van der Waals surface area contributed by atoms with Gasteiger partial charge in [0.25, 0.3) is 0 Å². The molecule has 0 saturated carbocycles. The van der Waals surface area contributed by atoms with Crippen LogP contribution in [0.15, 0.2) is 5.11 Å². The van der Waals surface area contributed by atoms with Gasteiger partial charge >= 0.3 is 6.09 Å². The molecule has 0 fully saturated rings. The van der Waals surface area contributed by atoms with Gasteiger partial charge in [0.05, 0.1) is 12.6 Å². The first-order valence-corrected chi connectivity index (χ1v) is 4.50. The molecule has 1 amide bonds. The third-order valence-electron chi connectivity index (χ3n) is 1.31. The van der Waals surface area contributed by atoms with Gasteiger partial charge < -0.3 is 15.2 Å². The summed E-state index contributed by atoms with van der Waals surface area (Å²) < 4.78 is 4.95. The van der Waals surface area contributed by atoms with Crippen molar-refractivity contribution in [1.82, 2.24) is 5.32 Å². The Morgan fingerprint density at radius 1 is 1.67 bits per heavy atom. The lowest BCUT2D eigenvalue weighted by molar-refractivity contribution is 0.0486. The highest BCUT2D eigenvalue weighted by molar-refractivity contribution is 5.68. The number of nitrogens with zero attached hydrogens (tertiary/aromatic N) is 3. The van der Waals surface area contributed by atoms with E-state index in [4.69, 9.17) is 15.4 Å². The number of alkyl carbamates (subject to hydrolysis) is 1. The Morgan fingerprint density at radius 2 is 2.27 bits per heavy atom. The molecule has 7 nitrogen and oxygen atoms in total. The summed E-state index contributed by atoms with van der Waals surface area (Å²) in [7, 11) is 0. The van der Waals surface area contributed by atoms with Crippen LogP contribution in [0.3, 0.4) is 0 Å². The Bertz CT molecular complexity index is 255. The van der Waals surface area contributed by atoms with E-state index in [-0.39, 0.29) is 13.2 Å². The number of carbonyl (C=O) groups is 1. The maximum Gasteiger partial charge on any atom is 0.407 e. The van der Waals surface area contributed by atoms with Crippen LogP contribution in [0.1, 0.15) is 20.8 Å². The lowest BCUT2D eigenvalue weighted by Crippen LogP contribution is -2.42. The molecule has 0 radical (unpaired) electrons. The van der Waals surface area contributed by atoms with Crippen molar-refractivity contribution >= 4 is 6.09 Å². The number of azide groups is 1. The highest BCUT2D eigenvalue weighted by Gasteiger charge is 2.18. The molecule has 0 aromatic rings. The summed E-state index contributed by atoms with van der Waals surface area (Å²) in [6.07, 6.45) is -0.644. The van der Waals surface area contributed by atoms with Crippen LogP contribution in [0.4, 0.5) is 4.79 Å². The maximum atomic E-state index is 11.2. The first-order chi connectivity index (χ1) is 6.89. The summed E-state index contributed by atoms with van der Waals surface area (Å²) in [5.74, 6) is 0. The Morgan fingerprint density at radius 3 is 2.67 bits per heavy atom. The standard InChI is InChI=1S/C8H16N4O3/c1-8(2,3)15-7(14)11-6(5-13)4-10-12-9/h6,13H,4-5H2,1-3H3,(H,11,14)/t6-/m0/s1. The zero-order valence-corrected chi connectivity index (χ0v) is 9.10. The summed E-state index contributed by atoms with van der Waals surface area (Å²) in [5.41, 5.74) is 7.47. The molecule has 2 N–H and O–H groups in total. The predicted molar refractivity (Wildman–Crippen MR) is 54.3 cm³/mol. The smallest absolute Gasteiger partial charge is 0.407 e. The van der Waals surface area contributed by atoms with Crippen molar-refractivity contribution in [3.05, 3.63) is 10.4 Å². The molecule has 0 aliphatic carbocycles. The van der Waals surface area contributed by atoms with Crippen molar-refractivity contribution in [1.29, 1.82) is 0 Å². The lowest BCUT2D eigenvalue weighted by atomic mass is 10.2. The van der Waals surface area contributed by atoms with Crippen molar-refractivity contribution < 1.29 is 14.6 Å². The number of carbonyl (C=O) groups excluding carboxylic acids is 1. The molecule has 0 aromatic heterocycles. The largest absolute Gasteiger partial charge is 0.444 e. The number of hydrogen-bond donors (Lipinski definition) is 2. The van der Waals surface area contributed by atoms with Gasteiger partial charge in [-0.25, -0.2) is 4.79 Å². The van der Waals surface area contributed by atoms with Gasteiger partial charge in [0.15, 0.2) is 0 Å². The molecule has 15 heavy (non-hydrogen) atoms. The highest BCUT2D eigenvalue weighted by Crippen LogP contribution is 2.06. The van der Waals surface area contributed by atoms with Crippen LogP contribution in [0.5, 0.6) is 0 Å². The van der Waals surface area contributed by atoms with E-state index in [0.717, 1.165) is 0 Å². The summed E-state index contributed by atoms with van der Waals surface area (Å²) >= 11 is 0. The second-order valence-corrected chi connectivity index (χ2v) is 3.94. The van der Waals surface area contributed by atoms with E-state index in [1.54, 1.807) is 20.8 Å². The molecular weight excluding hydrogens is 200 g/mol. The number of rotatable bonds is 4. The van der Waals surface area contributed by atoms with Gasteiger partial charge in [-0.15, -0.1) is 0 Å². The minimum Gasteiger partial charge on any atom is -0.444 e. The van der Waals surface area contributed by atoms with Crippen LogP contribution < -0.4 is 5.32 Å². The minimum absolute atomic E-state index is 0.00770. The van der Waals surface area contributed by atoms with Crippen LogP contribution in [0, 0.1) is 0 Å². The maximum absolute atomic E-state index is 11.2. The van der Waals surface area contributed by atoms with Crippen molar-refractivity contribution in [2.24, 2.45) is 5.11 Å². The molecule has 0 spiro atoms. The Balaban J connectivity index is 4.07. The third-order valence-corrected chi connectivity index (χ3v) is 1.31. The normalized spacial score (nSPS) is 12.5. The molecule has 0 aliphatic heterocycles. The van der Waals surface area contributed by atoms with Crippen molar-refractivity contribution in [2.45, 2.75) is 32.4 Å². The van der Waals surface area contributed by atoms with E-state index < -0.39 is 17.7 Å². The zero-order chi connectivity index (χ0) is 11.9. The van der Waals surface area contributed by atoms with Gasteiger partial charge in [-0.1, -0.05) is 5.11 Å². The summed E-state index contributed by atoms with van der Waals surface area (Å²) in [4.78, 5) is 13.7. The summed E-state index contributed by atoms with van der Waals surface area (Å²) in [6.45, 7) is 4.88. The Hall–Kier alpha value is -1.46. The molecule has 0 heterocycles. The fraction of sp³-hybridized carbons (Fsp3) is 0.875. The van der Waals surface area contributed by atoms with Gasteiger partial charge in [0.2, 0.25) is 0 Å². The second-order valence-electron chi connectivity index (χ2n) is 3.94. The van der Waals surface area contributed by atoms with E-state index in [1.165, 1.54) is 0 Å². The van der Waals surface area contributed by atoms with E-state index in [0.29, 0.717) is 0 Å². The van der Waals surface area contributed by atoms with E-state index >= 15 is 0 Å². The first-order valence-electron chi connectivity index (χ1n) is 4.50. The fourth-order valence-corrected chi connectivity index (χ4v) is 0.758. The summed E-state index contributed by atoms with van der Waals surface area (Å²) in [5, 5.41) is 14.5. The molecule has 1 atom stereocenters. The van der Waals surface area contributed by atoms with Crippen LogP contribution in [0.2, 0.25) is 0 Å². The van der Waals surface area contributed by atoms with E-state index in [9.17, 15) is 4.79 Å². The van der Waals surface area contributed by atoms with E-state index in [2.05, 4.69) is 15.3 Å². The van der Waals surface area contributed by atoms with Crippen molar-refractivity contribution in [2.75, 3.05) is 13.2 Å². The average molecular weight is 216 g/mol. The quantitative estimate of drug-likeness (QED) is 0.418. The first kappa shape index (κ1) is 13.5. The van der Waals surface area contributed by atoms with Crippen LogP contribution in [-0.2, 0) is 4.74 Å². The van der Waals surface area contributed by atoms with Crippen LogP contribution >= 0.6 is 0 Å². The summed E-state index contributed by atoms with van der Waals surface area (Å²) in [6, 6.07) is -0.615. The third kappa shape index (κ3) is 7.60. The number of aliphatic hydroxyl groups is 1. The van der Waals surface area contributed by atoms with Gasteiger partial charge in [0, 0.05) is 11.5 Å². The SMILES string of the molecule is CC(C)(C)OC(=O)N[C@H](CO)CN=[N+]=[N-]. The molecule has 86 valence electrons. The lowest BCUT2D eigenvalue weighted by Gasteiger charge is -2.21. The van der Waals surface area contributed by atoms with Crippen LogP contribution in [-0.4, -0.2) is 36.0 Å². The van der Waals surface area contributed by atoms with Gasteiger partial charge in [-0.05, 0) is 26.3 Å². The van der Waals surface area contributed by atoms with Crippen molar-refractivity contribution in [3.8, 4) is 0 Å². The molecular formula is C8H16N4O3. The number of ether oxygens (including phenoxy) is 1. The molecule has 7 heteroatoms. The molecule has 0 bridgehead atoms. The molecule has 0 saturated heterocycles.